The van der Waals surface area contributed by atoms with E-state index in [1.807, 2.05) is 0 Å². The zero-order valence-corrected chi connectivity index (χ0v) is 11.3. The molecule has 0 aliphatic carbocycles. The highest BCUT2D eigenvalue weighted by Crippen LogP contribution is 2.25. The number of non-ortho nitro benzene ring substituents is 1. The van der Waals surface area contributed by atoms with Crippen LogP contribution in [0.25, 0.3) is 0 Å². The Morgan fingerprint density at radius 2 is 2.05 bits per heavy atom. The fourth-order valence-electron chi connectivity index (χ4n) is 1.81. The summed E-state index contributed by atoms with van der Waals surface area (Å²) in [5, 5.41) is 19.7. The van der Waals surface area contributed by atoms with Gasteiger partial charge in [-0.3, -0.25) is 10.1 Å². The first-order chi connectivity index (χ1) is 9.97. The van der Waals surface area contributed by atoms with Gasteiger partial charge in [0.2, 0.25) is 0 Å². The summed E-state index contributed by atoms with van der Waals surface area (Å²) in [6.45, 7) is 1.93. The van der Waals surface area contributed by atoms with E-state index in [-0.39, 0.29) is 17.9 Å². The molecule has 0 aliphatic rings. The first-order valence-corrected chi connectivity index (χ1v) is 6.17. The predicted octanol–water partition coefficient (Wildman–Crippen LogP) is 3.18. The number of carbonyl (C=O) groups is 1. The fraction of sp³-hybridized carbons (Fsp3) is 0.133. The number of ether oxygens (including phenoxy) is 1. The lowest BCUT2D eigenvalue weighted by molar-refractivity contribution is -0.385. The molecule has 6 nitrogen and oxygen atoms in total. The van der Waals surface area contributed by atoms with Crippen LogP contribution in [0.15, 0.2) is 42.5 Å². The molecule has 0 radical (unpaired) electrons. The van der Waals surface area contributed by atoms with Crippen molar-refractivity contribution in [3.05, 3.63) is 69.3 Å². The summed E-state index contributed by atoms with van der Waals surface area (Å²) in [4.78, 5) is 21.1. The van der Waals surface area contributed by atoms with Crippen LogP contribution in [0.2, 0.25) is 0 Å². The third-order valence-electron chi connectivity index (χ3n) is 2.95. The molecule has 0 unspecified atom stereocenters. The van der Waals surface area contributed by atoms with Crippen LogP contribution >= 0.6 is 0 Å². The molecule has 108 valence electrons. The van der Waals surface area contributed by atoms with Gasteiger partial charge in [-0.2, -0.15) is 0 Å². The normalized spacial score (nSPS) is 10.1. The molecule has 2 rings (SSSR count). The van der Waals surface area contributed by atoms with Gasteiger partial charge in [0, 0.05) is 6.07 Å². The number of aryl methyl sites for hydroxylation is 1. The Balaban J connectivity index is 2.16. The van der Waals surface area contributed by atoms with E-state index in [4.69, 9.17) is 9.84 Å². The maximum Gasteiger partial charge on any atom is 0.335 e. The molecule has 0 saturated carbocycles. The smallest absolute Gasteiger partial charge is 0.335 e. The van der Waals surface area contributed by atoms with Gasteiger partial charge in [0.05, 0.1) is 16.6 Å². The van der Waals surface area contributed by atoms with Gasteiger partial charge < -0.3 is 9.84 Å². The second kappa shape index (κ2) is 6.04. The van der Waals surface area contributed by atoms with Crippen molar-refractivity contribution in [2.45, 2.75) is 13.5 Å². The minimum absolute atomic E-state index is 0.0464. The van der Waals surface area contributed by atoms with Crippen LogP contribution in [0.5, 0.6) is 5.75 Å². The van der Waals surface area contributed by atoms with Gasteiger partial charge >= 0.3 is 5.97 Å². The Morgan fingerprint density at radius 3 is 2.71 bits per heavy atom. The maximum atomic E-state index is 10.9. The number of hydrogen-bond acceptors (Lipinski definition) is 4. The molecule has 0 saturated heterocycles. The van der Waals surface area contributed by atoms with E-state index >= 15 is 0 Å². The summed E-state index contributed by atoms with van der Waals surface area (Å²) >= 11 is 0. The average Bonchev–Trinajstić information content (AvgIpc) is 2.46. The molecule has 0 fully saturated rings. The van der Waals surface area contributed by atoms with E-state index in [0.717, 1.165) is 5.56 Å². The van der Waals surface area contributed by atoms with E-state index in [0.29, 0.717) is 11.3 Å². The highest BCUT2D eigenvalue weighted by molar-refractivity contribution is 5.87. The Morgan fingerprint density at radius 1 is 1.29 bits per heavy atom. The highest BCUT2D eigenvalue weighted by Gasteiger charge is 2.10. The third-order valence-corrected chi connectivity index (χ3v) is 2.95. The van der Waals surface area contributed by atoms with Crippen LogP contribution in [0.1, 0.15) is 21.5 Å². The van der Waals surface area contributed by atoms with Crippen molar-refractivity contribution in [3.63, 3.8) is 0 Å². The number of nitrogens with zero attached hydrogens (tertiary/aromatic N) is 1. The van der Waals surface area contributed by atoms with Gasteiger partial charge in [-0.15, -0.1) is 0 Å². The van der Waals surface area contributed by atoms with E-state index < -0.39 is 10.9 Å². The fourth-order valence-corrected chi connectivity index (χ4v) is 1.81. The summed E-state index contributed by atoms with van der Waals surface area (Å²) in [6.07, 6.45) is 0. The summed E-state index contributed by atoms with van der Waals surface area (Å²) in [5.74, 6) is -0.603. The summed E-state index contributed by atoms with van der Waals surface area (Å²) in [5.41, 5.74) is 1.58. The molecule has 0 aromatic heterocycles. The van der Waals surface area contributed by atoms with Gasteiger partial charge in [-0.25, -0.2) is 4.79 Å². The molecule has 0 spiro atoms. The molecule has 0 atom stereocenters. The second-order valence-electron chi connectivity index (χ2n) is 4.50. The van der Waals surface area contributed by atoms with Crippen molar-refractivity contribution in [2.75, 3.05) is 0 Å². The molecule has 0 amide bonds. The predicted molar refractivity (Wildman–Crippen MR) is 75.6 cm³/mol. The van der Waals surface area contributed by atoms with Gasteiger partial charge in [-0.1, -0.05) is 12.1 Å². The summed E-state index contributed by atoms with van der Waals surface area (Å²) in [7, 11) is 0. The van der Waals surface area contributed by atoms with Gasteiger partial charge in [0.15, 0.2) is 0 Å². The topological polar surface area (TPSA) is 89.7 Å². The average molecular weight is 287 g/mol. The minimum Gasteiger partial charge on any atom is -0.488 e. The first-order valence-electron chi connectivity index (χ1n) is 6.17. The van der Waals surface area contributed by atoms with Crippen molar-refractivity contribution in [2.24, 2.45) is 0 Å². The zero-order chi connectivity index (χ0) is 15.4. The SMILES string of the molecule is Cc1ccc([N+](=O)[O-])cc1OCc1cccc(C(=O)O)c1. The lowest BCUT2D eigenvalue weighted by Gasteiger charge is -2.09. The molecule has 1 N–H and O–H groups in total. The number of aromatic carboxylic acids is 1. The number of hydrogen-bond donors (Lipinski definition) is 1. The number of carboxylic acids is 1. The monoisotopic (exact) mass is 287 g/mol. The maximum absolute atomic E-state index is 10.9. The van der Waals surface area contributed by atoms with Crippen molar-refractivity contribution in [3.8, 4) is 5.75 Å². The van der Waals surface area contributed by atoms with Crippen molar-refractivity contribution < 1.29 is 19.6 Å². The standard InChI is InChI=1S/C15H13NO5/c1-10-5-6-13(16(19)20)8-14(10)21-9-11-3-2-4-12(7-11)15(17)18/h2-8H,9H2,1H3,(H,17,18). The Bertz CT molecular complexity index is 696. The minimum atomic E-state index is -1.01. The largest absolute Gasteiger partial charge is 0.488 e. The summed E-state index contributed by atoms with van der Waals surface area (Å²) < 4.78 is 5.55. The van der Waals surface area contributed by atoms with Crippen LogP contribution in [-0.2, 0) is 6.61 Å². The highest BCUT2D eigenvalue weighted by atomic mass is 16.6. The number of rotatable bonds is 5. The van der Waals surface area contributed by atoms with Gasteiger partial charge in [0.25, 0.3) is 5.69 Å². The van der Waals surface area contributed by atoms with E-state index in [2.05, 4.69) is 0 Å². The number of nitro groups is 1. The lowest BCUT2D eigenvalue weighted by Crippen LogP contribution is -2.01. The van der Waals surface area contributed by atoms with Crippen molar-refractivity contribution in [1.29, 1.82) is 0 Å². The van der Waals surface area contributed by atoms with Crippen LogP contribution in [0, 0.1) is 17.0 Å². The first kappa shape index (κ1) is 14.5. The molecule has 2 aromatic rings. The lowest BCUT2D eigenvalue weighted by atomic mass is 10.1. The van der Waals surface area contributed by atoms with Gasteiger partial charge in [-0.05, 0) is 36.2 Å². The Hall–Kier alpha value is -2.89. The van der Waals surface area contributed by atoms with Crippen LogP contribution < -0.4 is 4.74 Å². The van der Waals surface area contributed by atoms with Gasteiger partial charge in [0.1, 0.15) is 12.4 Å². The molecular weight excluding hydrogens is 274 g/mol. The number of carboxylic acid groups (broad SMARTS) is 1. The molecule has 0 bridgehead atoms. The molecule has 0 heterocycles. The molecule has 6 heteroatoms. The van der Waals surface area contributed by atoms with Crippen LogP contribution in [-0.4, -0.2) is 16.0 Å². The van der Waals surface area contributed by atoms with Crippen molar-refractivity contribution in [1.82, 2.24) is 0 Å². The third kappa shape index (κ3) is 3.56. The Kier molecular flexibility index (Phi) is 4.18. The Labute approximate surface area is 120 Å². The number of nitro benzene ring substituents is 1. The quantitative estimate of drug-likeness (QED) is 0.673. The van der Waals surface area contributed by atoms with E-state index in [1.165, 1.54) is 24.3 Å². The number of benzene rings is 2. The molecular formula is C15H13NO5. The van der Waals surface area contributed by atoms with E-state index in [9.17, 15) is 14.9 Å². The van der Waals surface area contributed by atoms with Crippen LogP contribution in [0.4, 0.5) is 5.69 Å². The van der Waals surface area contributed by atoms with Crippen LogP contribution in [0.3, 0.4) is 0 Å². The second-order valence-corrected chi connectivity index (χ2v) is 4.50. The van der Waals surface area contributed by atoms with Crippen molar-refractivity contribution >= 4 is 11.7 Å². The summed E-state index contributed by atoms with van der Waals surface area (Å²) in [6, 6.07) is 10.7. The van der Waals surface area contributed by atoms with E-state index in [1.54, 1.807) is 25.1 Å². The molecule has 21 heavy (non-hydrogen) atoms. The molecule has 2 aromatic carbocycles. The molecule has 0 aliphatic heterocycles. The zero-order valence-electron chi connectivity index (χ0n) is 11.3.